The van der Waals surface area contributed by atoms with Crippen LogP contribution < -0.4 is 5.73 Å². The summed E-state index contributed by atoms with van der Waals surface area (Å²) < 4.78 is 0. The van der Waals surface area contributed by atoms with Crippen LogP contribution in [-0.4, -0.2) is 6.04 Å². The standard InChI is InChI=1S/C16H25N/c1-12(2)10-15(17)11-16(4,5)14-8-6-13(3)7-9-14/h6-10,15H,11,17H2,1-5H3. The third kappa shape index (κ3) is 4.35. The zero-order chi connectivity index (χ0) is 13.1. The molecule has 0 saturated carbocycles. The Morgan fingerprint density at radius 1 is 1.24 bits per heavy atom. The maximum absolute atomic E-state index is 6.15. The topological polar surface area (TPSA) is 26.0 Å². The first kappa shape index (κ1) is 14.0. The Morgan fingerprint density at radius 2 is 1.76 bits per heavy atom. The van der Waals surface area contributed by atoms with Gasteiger partial charge in [-0.05, 0) is 38.2 Å². The number of allylic oxidation sites excluding steroid dienone is 1. The van der Waals surface area contributed by atoms with Gasteiger partial charge in [0, 0.05) is 6.04 Å². The van der Waals surface area contributed by atoms with Gasteiger partial charge in [0.25, 0.3) is 0 Å². The average molecular weight is 231 g/mol. The molecule has 0 aliphatic carbocycles. The first-order valence-corrected chi connectivity index (χ1v) is 6.29. The van der Waals surface area contributed by atoms with Crippen molar-refractivity contribution in [1.82, 2.24) is 0 Å². The highest BCUT2D eigenvalue weighted by atomic mass is 14.6. The fourth-order valence-electron chi connectivity index (χ4n) is 2.20. The molecule has 0 heterocycles. The maximum atomic E-state index is 6.15. The Balaban J connectivity index is 2.81. The van der Waals surface area contributed by atoms with Crippen molar-refractivity contribution in [1.29, 1.82) is 0 Å². The molecule has 0 aliphatic heterocycles. The lowest BCUT2D eigenvalue weighted by molar-refractivity contribution is 0.454. The molecule has 17 heavy (non-hydrogen) atoms. The summed E-state index contributed by atoms with van der Waals surface area (Å²) in [6, 6.07) is 8.90. The smallest absolute Gasteiger partial charge is 0.0234 e. The minimum absolute atomic E-state index is 0.124. The highest BCUT2D eigenvalue weighted by Crippen LogP contribution is 2.28. The van der Waals surface area contributed by atoms with E-state index in [9.17, 15) is 0 Å². The van der Waals surface area contributed by atoms with E-state index in [-0.39, 0.29) is 11.5 Å². The van der Waals surface area contributed by atoms with Crippen LogP contribution in [0.3, 0.4) is 0 Å². The molecule has 0 bridgehead atoms. The molecule has 0 spiro atoms. The van der Waals surface area contributed by atoms with Gasteiger partial charge in [-0.1, -0.05) is 55.3 Å². The zero-order valence-electron chi connectivity index (χ0n) is 11.7. The molecule has 1 aromatic rings. The lowest BCUT2D eigenvalue weighted by Crippen LogP contribution is -2.29. The Labute approximate surface area is 106 Å². The fraction of sp³-hybridized carbons (Fsp3) is 0.500. The van der Waals surface area contributed by atoms with E-state index in [1.54, 1.807) is 0 Å². The van der Waals surface area contributed by atoms with Crippen LogP contribution in [0.25, 0.3) is 0 Å². The van der Waals surface area contributed by atoms with Crippen molar-refractivity contribution >= 4 is 0 Å². The quantitative estimate of drug-likeness (QED) is 0.780. The van der Waals surface area contributed by atoms with E-state index >= 15 is 0 Å². The summed E-state index contributed by atoms with van der Waals surface area (Å²) in [4.78, 5) is 0. The van der Waals surface area contributed by atoms with Crippen LogP contribution in [0.5, 0.6) is 0 Å². The second kappa shape index (κ2) is 5.50. The van der Waals surface area contributed by atoms with Gasteiger partial charge in [-0.3, -0.25) is 0 Å². The van der Waals surface area contributed by atoms with Crippen molar-refractivity contribution in [3.8, 4) is 0 Å². The fourth-order valence-corrected chi connectivity index (χ4v) is 2.20. The van der Waals surface area contributed by atoms with E-state index in [2.05, 4.69) is 65.0 Å². The van der Waals surface area contributed by atoms with Gasteiger partial charge < -0.3 is 5.73 Å². The highest BCUT2D eigenvalue weighted by molar-refractivity contribution is 5.28. The van der Waals surface area contributed by atoms with E-state index in [1.807, 2.05) is 0 Å². The monoisotopic (exact) mass is 231 g/mol. The van der Waals surface area contributed by atoms with Gasteiger partial charge in [-0.15, -0.1) is 0 Å². The van der Waals surface area contributed by atoms with Crippen LogP contribution in [0, 0.1) is 6.92 Å². The van der Waals surface area contributed by atoms with Crippen LogP contribution >= 0.6 is 0 Å². The Kier molecular flexibility index (Phi) is 4.53. The number of benzene rings is 1. The zero-order valence-corrected chi connectivity index (χ0v) is 11.7. The van der Waals surface area contributed by atoms with Crippen LogP contribution in [0.15, 0.2) is 35.9 Å². The molecule has 1 nitrogen and oxygen atoms in total. The highest BCUT2D eigenvalue weighted by Gasteiger charge is 2.22. The van der Waals surface area contributed by atoms with Crippen molar-refractivity contribution in [3.63, 3.8) is 0 Å². The molecule has 0 aromatic heterocycles. The second-order valence-electron chi connectivity index (χ2n) is 5.86. The summed E-state index contributed by atoms with van der Waals surface area (Å²) in [7, 11) is 0. The van der Waals surface area contributed by atoms with Gasteiger partial charge in [0.05, 0.1) is 0 Å². The van der Waals surface area contributed by atoms with Crippen LogP contribution in [0.2, 0.25) is 0 Å². The molecule has 0 fully saturated rings. The van der Waals surface area contributed by atoms with E-state index < -0.39 is 0 Å². The summed E-state index contributed by atoms with van der Waals surface area (Å²) in [6.07, 6.45) is 3.12. The molecule has 94 valence electrons. The normalized spacial score (nSPS) is 13.3. The number of nitrogens with two attached hydrogens (primary N) is 1. The summed E-state index contributed by atoms with van der Waals surface area (Å²) >= 11 is 0. The summed E-state index contributed by atoms with van der Waals surface area (Å²) in [5.41, 5.74) is 10.2. The lowest BCUT2D eigenvalue weighted by Gasteiger charge is -2.28. The molecular weight excluding hydrogens is 206 g/mol. The summed E-state index contributed by atoms with van der Waals surface area (Å²) in [5, 5.41) is 0. The molecule has 0 amide bonds. The first-order chi connectivity index (χ1) is 7.81. The minimum Gasteiger partial charge on any atom is -0.324 e. The van der Waals surface area contributed by atoms with E-state index in [1.165, 1.54) is 16.7 Å². The van der Waals surface area contributed by atoms with Crippen molar-refractivity contribution in [2.75, 3.05) is 0 Å². The molecule has 1 rings (SSSR count). The molecule has 1 heteroatoms. The van der Waals surface area contributed by atoms with Crippen LogP contribution in [0.1, 0.15) is 45.2 Å². The third-order valence-corrected chi connectivity index (χ3v) is 3.13. The second-order valence-corrected chi connectivity index (χ2v) is 5.86. The van der Waals surface area contributed by atoms with Crippen molar-refractivity contribution in [3.05, 3.63) is 47.0 Å². The molecule has 1 aromatic carbocycles. The van der Waals surface area contributed by atoms with E-state index in [0.29, 0.717) is 0 Å². The number of aryl methyl sites for hydroxylation is 1. The van der Waals surface area contributed by atoms with Gasteiger partial charge in [0.15, 0.2) is 0 Å². The van der Waals surface area contributed by atoms with Gasteiger partial charge >= 0.3 is 0 Å². The molecule has 0 radical (unpaired) electrons. The van der Waals surface area contributed by atoms with Crippen LogP contribution in [0.4, 0.5) is 0 Å². The number of hydrogen-bond donors (Lipinski definition) is 1. The van der Waals surface area contributed by atoms with Gasteiger partial charge in [0.1, 0.15) is 0 Å². The van der Waals surface area contributed by atoms with Crippen molar-refractivity contribution < 1.29 is 0 Å². The molecule has 1 atom stereocenters. The van der Waals surface area contributed by atoms with Gasteiger partial charge in [-0.2, -0.15) is 0 Å². The predicted octanol–water partition coefficient (Wildman–Crippen LogP) is 3.96. The SMILES string of the molecule is CC(C)=CC(N)CC(C)(C)c1ccc(C)cc1. The molecular formula is C16H25N. The maximum Gasteiger partial charge on any atom is 0.0234 e. The first-order valence-electron chi connectivity index (χ1n) is 6.29. The minimum atomic E-state index is 0.124. The number of rotatable bonds is 4. The average Bonchev–Trinajstić information content (AvgIpc) is 2.15. The van der Waals surface area contributed by atoms with Gasteiger partial charge in [-0.25, -0.2) is 0 Å². The molecule has 0 aliphatic rings. The Morgan fingerprint density at radius 3 is 2.24 bits per heavy atom. The largest absolute Gasteiger partial charge is 0.324 e. The third-order valence-electron chi connectivity index (χ3n) is 3.13. The van der Waals surface area contributed by atoms with Crippen molar-refractivity contribution in [2.45, 2.75) is 52.5 Å². The molecule has 2 N–H and O–H groups in total. The Bertz CT molecular complexity index is 380. The van der Waals surface area contributed by atoms with E-state index in [4.69, 9.17) is 5.73 Å². The predicted molar refractivity (Wildman–Crippen MR) is 76.2 cm³/mol. The summed E-state index contributed by atoms with van der Waals surface area (Å²) in [5.74, 6) is 0. The molecule has 0 saturated heterocycles. The van der Waals surface area contributed by atoms with E-state index in [0.717, 1.165) is 6.42 Å². The lowest BCUT2D eigenvalue weighted by atomic mass is 9.79. The number of hydrogen-bond acceptors (Lipinski definition) is 1. The van der Waals surface area contributed by atoms with Crippen molar-refractivity contribution in [2.24, 2.45) is 5.73 Å². The molecule has 1 unspecified atom stereocenters. The van der Waals surface area contributed by atoms with Crippen LogP contribution in [-0.2, 0) is 5.41 Å². The summed E-state index contributed by atoms with van der Waals surface area (Å²) in [6.45, 7) is 10.8. The Hall–Kier alpha value is -1.08. The van der Waals surface area contributed by atoms with Gasteiger partial charge in [0.2, 0.25) is 0 Å².